The second-order valence-electron chi connectivity index (χ2n) is 8.95. The zero-order valence-electron chi connectivity index (χ0n) is 18.2. The molecule has 0 N–H and O–H groups in total. The Kier molecular flexibility index (Phi) is 4.87. The first-order valence-corrected chi connectivity index (χ1v) is 12.4. The Bertz CT molecular complexity index is 879. The molecule has 0 amide bonds. The molecule has 0 radical (unpaired) electrons. The van der Waals surface area contributed by atoms with Crippen molar-refractivity contribution in [2.45, 2.75) is 71.6 Å². The second-order valence-corrected chi connectivity index (χ2v) is 10.4. The van der Waals surface area contributed by atoms with Gasteiger partial charge in [0.25, 0.3) is 0 Å². The summed E-state index contributed by atoms with van der Waals surface area (Å²) in [6.45, 7) is 10.9. The van der Waals surface area contributed by atoms with Crippen LogP contribution in [0.3, 0.4) is 0 Å². The van der Waals surface area contributed by atoms with Gasteiger partial charge in [-0.25, -0.2) is 4.67 Å². The first-order chi connectivity index (χ1) is 14.1. The lowest BCUT2D eigenvalue weighted by Gasteiger charge is -2.38. The zero-order chi connectivity index (χ0) is 20.2. The van der Waals surface area contributed by atoms with Crippen LogP contribution >= 0.6 is 8.53 Å². The van der Waals surface area contributed by atoms with E-state index in [-0.39, 0.29) is 5.41 Å². The fraction of sp³-hybridized carbons (Fsp3) is 0.520. The van der Waals surface area contributed by atoms with E-state index in [9.17, 15) is 0 Å². The highest BCUT2D eigenvalue weighted by atomic mass is 31.2. The summed E-state index contributed by atoms with van der Waals surface area (Å²) in [5, 5.41) is 0. The lowest BCUT2D eigenvalue weighted by Crippen LogP contribution is -2.29. The predicted octanol–water partition coefficient (Wildman–Crippen LogP) is 6.60. The third kappa shape index (κ3) is 2.85. The summed E-state index contributed by atoms with van der Waals surface area (Å²) < 4.78 is 16.1. The number of hydrogen-bond donors (Lipinski definition) is 0. The van der Waals surface area contributed by atoms with Crippen LogP contribution in [0.5, 0.6) is 11.5 Å². The highest BCUT2D eigenvalue weighted by Gasteiger charge is 2.51. The molecule has 0 fully saturated rings. The number of rotatable bonds is 5. The molecular weight excluding hydrogens is 377 g/mol. The van der Waals surface area contributed by atoms with E-state index in [1.54, 1.807) is 0 Å². The van der Waals surface area contributed by atoms with Gasteiger partial charge in [-0.3, -0.25) is 0 Å². The molecule has 3 aliphatic rings. The van der Waals surface area contributed by atoms with Crippen molar-refractivity contribution in [3.63, 3.8) is 0 Å². The lowest BCUT2D eigenvalue weighted by atomic mass is 9.75. The van der Waals surface area contributed by atoms with Crippen molar-refractivity contribution in [2.75, 3.05) is 13.1 Å². The summed E-state index contributed by atoms with van der Waals surface area (Å²) >= 11 is 0. The topological polar surface area (TPSA) is 21.7 Å². The normalized spacial score (nSPS) is 18.7. The van der Waals surface area contributed by atoms with E-state index in [1.807, 2.05) is 0 Å². The SMILES string of the molecule is CCCN(CCC)P1Oc2c(C)ccc3c2C2(CC3)CCc3ccc(C)c(c32)O1. The molecule has 4 heteroatoms. The van der Waals surface area contributed by atoms with E-state index < -0.39 is 8.53 Å². The van der Waals surface area contributed by atoms with Crippen molar-refractivity contribution in [2.24, 2.45) is 0 Å². The Labute approximate surface area is 176 Å². The van der Waals surface area contributed by atoms with Gasteiger partial charge in [0.05, 0.1) is 0 Å². The van der Waals surface area contributed by atoms with Crippen LogP contribution in [0.15, 0.2) is 24.3 Å². The van der Waals surface area contributed by atoms with Crippen LogP contribution in [-0.2, 0) is 18.3 Å². The van der Waals surface area contributed by atoms with Crippen molar-refractivity contribution < 1.29 is 9.05 Å². The van der Waals surface area contributed by atoms with Crippen molar-refractivity contribution in [3.8, 4) is 11.5 Å². The van der Waals surface area contributed by atoms with Gasteiger partial charge < -0.3 is 9.05 Å². The Morgan fingerprint density at radius 1 is 0.828 bits per heavy atom. The maximum Gasteiger partial charge on any atom is 0.384 e. The van der Waals surface area contributed by atoms with Gasteiger partial charge >= 0.3 is 8.53 Å². The predicted molar refractivity (Wildman–Crippen MR) is 120 cm³/mol. The van der Waals surface area contributed by atoms with Crippen LogP contribution in [0.25, 0.3) is 0 Å². The monoisotopic (exact) mass is 409 g/mol. The molecule has 0 saturated heterocycles. The smallest absolute Gasteiger partial charge is 0.384 e. The molecule has 29 heavy (non-hydrogen) atoms. The minimum atomic E-state index is -1.17. The highest BCUT2D eigenvalue weighted by molar-refractivity contribution is 7.45. The van der Waals surface area contributed by atoms with Gasteiger partial charge in [-0.05, 0) is 74.6 Å². The molecular formula is C25H32NO2P. The number of hydrogen-bond acceptors (Lipinski definition) is 3. The van der Waals surface area contributed by atoms with Gasteiger partial charge in [0.1, 0.15) is 11.5 Å². The van der Waals surface area contributed by atoms with Gasteiger partial charge in [0.15, 0.2) is 0 Å². The number of benzene rings is 2. The lowest BCUT2D eigenvalue weighted by molar-refractivity contribution is 0.335. The Balaban J connectivity index is 1.75. The molecule has 0 atom stereocenters. The average molecular weight is 410 g/mol. The third-order valence-corrected chi connectivity index (χ3v) is 8.55. The van der Waals surface area contributed by atoms with Gasteiger partial charge in [-0.1, -0.05) is 38.1 Å². The molecule has 0 bridgehead atoms. The summed E-state index contributed by atoms with van der Waals surface area (Å²) in [4.78, 5) is 0. The third-order valence-electron chi connectivity index (χ3n) is 7.01. The number of aryl methyl sites for hydroxylation is 4. The second kappa shape index (κ2) is 7.29. The molecule has 1 spiro atoms. The van der Waals surface area contributed by atoms with Crippen LogP contribution in [0.2, 0.25) is 0 Å². The summed E-state index contributed by atoms with van der Waals surface area (Å²) in [6.07, 6.45) is 6.86. The van der Waals surface area contributed by atoms with Crippen LogP contribution in [0, 0.1) is 13.8 Å². The van der Waals surface area contributed by atoms with Crippen LogP contribution in [0.4, 0.5) is 0 Å². The summed E-state index contributed by atoms with van der Waals surface area (Å²) in [6, 6.07) is 9.19. The Morgan fingerprint density at radius 3 is 1.76 bits per heavy atom. The van der Waals surface area contributed by atoms with Crippen LogP contribution in [0.1, 0.15) is 72.9 Å². The van der Waals surface area contributed by atoms with Gasteiger partial charge in [-0.15, -0.1) is 0 Å². The largest absolute Gasteiger partial charge is 0.426 e. The zero-order valence-corrected chi connectivity index (χ0v) is 19.1. The highest BCUT2D eigenvalue weighted by Crippen LogP contribution is 2.63. The van der Waals surface area contributed by atoms with Gasteiger partial charge in [-0.2, -0.15) is 0 Å². The Hall–Kier alpha value is -1.57. The molecule has 2 aromatic rings. The van der Waals surface area contributed by atoms with Crippen LogP contribution in [-0.4, -0.2) is 17.8 Å². The van der Waals surface area contributed by atoms with E-state index in [4.69, 9.17) is 9.05 Å². The summed E-state index contributed by atoms with van der Waals surface area (Å²) in [7, 11) is -1.17. The number of nitrogens with zero attached hydrogens (tertiary/aromatic N) is 1. The average Bonchev–Trinajstić information content (AvgIpc) is 3.25. The fourth-order valence-electron chi connectivity index (χ4n) is 5.68. The standard InChI is InChI=1S/C25H32NO2P/c1-5-15-26(16-6-2)29-27-23-17(3)7-9-19-11-13-25(21(19)23)14-12-20-10-8-18(4)24(28-29)22(20)25/h7-10H,5-6,11-16H2,1-4H3. The van der Waals surface area contributed by atoms with E-state index in [2.05, 4.69) is 56.6 Å². The molecule has 0 unspecified atom stereocenters. The molecule has 0 saturated carbocycles. The molecule has 154 valence electrons. The van der Waals surface area contributed by atoms with E-state index >= 15 is 0 Å². The molecule has 0 aromatic heterocycles. The van der Waals surface area contributed by atoms with Crippen molar-refractivity contribution >= 4 is 8.53 Å². The van der Waals surface area contributed by atoms with Crippen molar-refractivity contribution in [1.29, 1.82) is 0 Å². The molecule has 2 aromatic carbocycles. The molecule has 1 heterocycles. The minimum Gasteiger partial charge on any atom is -0.426 e. The molecule has 2 aliphatic carbocycles. The van der Waals surface area contributed by atoms with E-state index in [0.717, 1.165) is 50.3 Å². The van der Waals surface area contributed by atoms with E-state index in [0.29, 0.717) is 0 Å². The molecule has 3 nitrogen and oxygen atoms in total. The maximum absolute atomic E-state index is 6.86. The van der Waals surface area contributed by atoms with E-state index in [1.165, 1.54) is 46.2 Å². The fourth-order valence-corrected chi connectivity index (χ4v) is 7.46. The molecule has 5 rings (SSSR count). The first-order valence-electron chi connectivity index (χ1n) is 11.3. The van der Waals surface area contributed by atoms with Crippen molar-refractivity contribution in [3.05, 3.63) is 57.6 Å². The quantitative estimate of drug-likeness (QED) is 0.519. The summed E-state index contributed by atoms with van der Waals surface area (Å²) in [5.74, 6) is 2.23. The van der Waals surface area contributed by atoms with Crippen molar-refractivity contribution in [1.82, 2.24) is 4.67 Å². The summed E-state index contributed by atoms with van der Waals surface area (Å²) in [5.41, 5.74) is 8.51. The minimum absolute atomic E-state index is 0.0785. The first kappa shape index (κ1) is 19.4. The van der Waals surface area contributed by atoms with Crippen LogP contribution < -0.4 is 9.05 Å². The van der Waals surface area contributed by atoms with Gasteiger partial charge in [0.2, 0.25) is 0 Å². The molecule has 1 aliphatic heterocycles. The van der Waals surface area contributed by atoms with Gasteiger partial charge in [0, 0.05) is 29.6 Å². The maximum atomic E-state index is 6.86. The Morgan fingerprint density at radius 2 is 1.31 bits per heavy atom.